The predicted molar refractivity (Wildman–Crippen MR) is 66.9 cm³/mol. The Hall–Kier alpha value is -1.49. The minimum Gasteiger partial charge on any atom is -0.358 e. The average molecular weight is 253 g/mol. The van der Waals surface area contributed by atoms with E-state index in [0.29, 0.717) is 11.4 Å². The molecule has 0 spiro atoms. The molecule has 0 amide bonds. The van der Waals surface area contributed by atoms with Crippen LogP contribution in [0.2, 0.25) is 0 Å². The van der Waals surface area contributed by atoms with Gasteiger partial charge in [0.1, 0.15) is 17.5 Å². The molecule has 1 fully saturated rings. The lowest BCUT2D eigenvalue weighted by Crippen LogP contribution is -2.47. The number of likely N-dealkylation sites (N-methyl/N-ethyl adjacent to an activating group) is 1. The van der Waals surface area contributed by atoms with E-state index >= 15 is 0 Å². The molecular formula is C13H17F2N3. The van der Waals surface area contributed by atoms with Crippen LogP contribution in [0.15, 0.2) is 18.2 Å². The summed E-state index contributed by atoms with van der Waals surface area (Å²) in [4.78, 5) is 4.14. The van der Waals surface area contributed by atoms with Crippen LogP contribution < -0.4 is 0 Å². The average Bonchev–Trinajstić information content (AvgIpc) is 2.33. The van der Waals surface area contributed by atoms with E-state index in [1.54, 1.807) is 0 Å². The van der Waals surface area contributed by atoms with Crippen molar-refractivity contribution in [2.75, 3.05) is 33.2 Å². The molecule has 0 atom stereocenters. The van der Waals surface area contributed by atoms with Crippen molar-refractivity contribution < 1.29 is 8.78 Å². The molecule has 0 aliphatic carbocycles. The van der Waals surface area contributed by atoms with Gasteiger partial charge in [0, 0.05) is 38.7 Å². The third-order valence-corrected chi connectivity index (χ3v) is 3.26. The van der Waals surface area contributed by atoms with E-state index in [1.807, 2.05) is 11.9 Å². The van der Waals surface area contributed by atoms with Crippen LogP contribution in [-0.4, -0.2) is 48.9 Å². The van der Waals surface area contributed by atoms with Crippen molar-refractivity contribution in [1.29, 1.82) is 5.41 Å². The normalized spacial score (nSPS) is 16.9. The topological polar surface area (TPSA) is 30.3 Å². The Morgan fingerprint density at radius 1 is 1.22 bits per heavy atom. The Labute approximate surface area is 106 Å². The van der Waals surface area contributed by atoms with Crippen molar-refractivity contribution in [2.45, 2.75) is 6.42 Å². The number of nitrogens with one attached hydrogen (secondary N) is 1. The van der Waals surface area contributed by atoms with Gasteiger partial charge in [-0.3, -0.25) is 5.41 Å². The summed E-state index contributed by atoms with van der Waals surface area (Å²) in [5.74, 6) is -0.759. The summed E-state index contributed by atoms with van der Waals surface area (Å²) in [6, 6.07) is 3.51. The fraction of sp³-hybridized carbons (Fsp3) is 0.462. The fourth-order valence-electron chi connectivity index (χ4n) is 2.03. The van der Waals surface area contributed by atoms with Gasteiger partial charge in [0.05, 0.1) is 0 Å². The van der Waals surface area contributed by atoms with E-state index < -0.39 is 11.6 Å². The first-order valence-corrected chi connectivity index (χ1v) is 6.01. The van der Waals surface area contributed by atoms with Gasteiger partial charge in [0.2, 0.25) is 0 Å². The SMILES string of the molecule is CN1CCN(C(=N)Cc2ccc(F)cc2F)CC1. The maximum absolute atomic E-state index is 13.5. The van der Waals surface area contributed by atoms with Crippen LogP contribution >= 0.6 is 0 Å². The summed E-state index contributed by atoms with van der Waals surface area (Å²) in [5.41, 5.74) is 0.375. The fourth-order valence-corrected chi connectivity index (χ4v) is 2.03. The van der Waals surface area contributed by atoms with Crippen molar-refractivity contribution in [3.63, 3.8) is 0 Å². The number of halogens is 2. The molecule has 1 heterocycles. The highest BCUT2D eigenvalue weighted by atomic mass is 19.1. The van der Waals surface area contributed by atoms with Gasteiger partial charge in [-0.1, -0.05) is 6.07 Å². The van der Waals surface area contributed by atoms with E-state index in [-0.39, 0.29) is 6.42 Å². The molecule has 0 radical (unpaired) electrons. The largest absolute Gasteiger partial charge is 0.358 e. The molecule has 3 nitrogen and oxygen atoms in total. The van der Waals surface area contributed by atoms with Gasteiger partial charge in [-0.25, -0.2) is 8.78 Å². The third-order valence-electron chi connectivity index (χ3n) is 3.26. The Balaban J connectivity index is 1.98. The van der Waals surface area contributed by atoms with Crippen LogP contribution in [0.25, 0.3) is 0 Å². The molecule has 0 bridgehead atoms. The molecule has 1 aromatic rings. The highest BCUT2D eigenvalue weighted by Crippen LogP contribution is 2.12. The number of rotatable bonds is 2. The van der Waals surface area contributed by atoms with Gasteiger partial charge < -0.3 is 9.80 Å². The molecule has 0 saturated carbocycles. The summed E-state index contributed by atoms with van der Waals surface area (Å²) in [7, 11) is 2.04. The Kier molecular flexibility index (Phi) is 3.91. The van der Waals surface area contributed by atoms with Crippen LogP contribution in [0.1, 0.15) is 5.56 Å². The first-order valence-electron chi connectivity index (χ1n) is 6.01. The van der Waals surface area contributed by atoms with Gasteiger partial charge in [-0.05, 0) is 18.7 Å². The quantitative estimate of drug-likeness (QED) is 0.642. The van der Waals surface area contributed by atoms with Crippen LogP contribution in [-0.2, 0) is 6.42 Å². The zero-order chi connectivity index (χ0) is 13.1. The van der Waals surface area contributed by atoms with E-state index in [4.69, 9.17) is 5.41 Å². The van der Waals surface area contributed by atoms with Gasteiger partial charge in [0.25, 0.3) is 0 Å². The van der Waals surface area contributed by atoms with Gasteiger partial charge in [0.15, 0.2) is 0 Å². The highest BCUT2D eigenvalue weighted by molar-refractivity contribution is 5.81. The van der Waals surface area contributed by atoms with Gasteiger partial charge in [-0.15, -0.1) is 0 Å². The zero-order valence-corrected chi connectivity index (χ0v) is 10.4. The maximum atomic E-state index is 13.5. The van der Waals surface area contributed by atoms with E-state index in [1.165, 1.54) is 12.1 Å². The predicted octanol–water partition coefficient (Wildman–Crippen LogP) is 1.73. The molecule has 0 unspecified atom stereocenters. The van der Waals surface area contributed by atoms with Crippen molar-refractivity contribution >= 4 is 5.84 Å². The standard InChI is InChI=1S/C13H17F2N3/c1-17-4-6-18(7-5-17)13(16)8-10-2-3-11(14)9-12(10)15/h2-3,9,16H,4-8H2,1H3. The van der Waals surface area contributed by atoms with E-state index in [9.17, 15) is 8.78 Å². The molecule has 98 valence electrons. The Morgan fingerprint density at radius 3 is 2.50 bits per heavy atom. The molecule has 1 N–H and O–H groups in total. The number of nitrogens with zero attached hydrogens (tertiary/aromatic N) is 2. The number of piperazine rings is 1. The molecule has 2 rings (SSSR count). The maximum Gasteiger partial charge on any atom is 0.129 e. The van der Waals surface area contributed by atoms with Crippen molar-refractivity contribution in [2.24, 2.45) is 0 Å². The van der Waals surface area contributed by atoms with Crippen LogP contribution in [0.5, 0.6) is 0 Å². The minimum atomic E-state index is -0.581. The lowest BCUT2D eigenvalue weighted by molar-refractivity contribution is 0.213. The van der Waals surface area contributed by atoms with E-state index in [0.717, 1.165) is 32.2 Å². The number of hydrogen-bond donors (Lipinski definition) is 1. The molecule has 1 aliphatic heterocycles. The summed E-state index contributed by atoms with van der Waals surface area (Å²) < 4.78 is 26.2. The minimum absolute atomic E-state index is 0.218. The van der Waals surface area contributed by atoms with Crippen molar-refractivity contribution in [3.8, 4) is 0 Å². The third kappa shape index (κ3) is 3.04. The summed E-state index contributed by atoms with van der Waals surface area (Å²) in [5, 5.41) is 7.98. The number of hydrogen-bond acceptors (Lipinski definition) is 2. The molecule has 1 aromatic carbocycles. The summed E-state index contributed by atoms with van der Waals surface area (Å²) in [6.07, 6.45) is 0.218. The molecule has 1 saturated heterocycles. The van der Waals surface area contributed by atoms with Gasteiger partial charge >= 0.3 is 0 Å². The first-order chi connectivity index (χ1) is 8.56. The summed E-state index contributed by atoms with van der Waals surface area (Å²) >= 11 is 0. The molecule has 18 heavy (non-hydrogen) atoms. The van der Waals surface area contributed by atoms with E-state index in [2.05, 4.69) is 4.90 Å². The van der Waals surface area contributed by atoms with Crippen LogP contribution in [0.3, 0.4) is 0 Å². The van der Waals surface area contributed by atoms with Crippen molar-refractivity contribution in [1.82, 2.24) is 9.80 Å². The summed E-state index contributed by atoms with van der Waals surface area (Å²) in [6.45, 7) is 3.40. The molecule has 5 heteroatoms. The molecule has 0 aromatic heterocycles. The first kappa shape index (κ1) is 13.0. The number of benzene rings is 1. The van der Waals surface area contributed by atoms with Gasteiger partial charge in [-0.2, -0.15) is 0 Å². The second-order valence-corrected chi connectivity index (χ2v) is 4.65. The zero-order valence-electron chi connectivity index (χ0n) is 10.4. The smallest absolute Gasteiger partial charge is 0.129 e. The van der Waals surface area contributed by atoms with Crippen LogP contribution in [0.4, 0.5) is 8.78 Å². The van der Waals surface area contributed by atoms with Crippen LogP contribution in [0, 0.1) is 17.0 Å². The Morgan fingerprint density at radius 2 is 1.89 bits per heavy atom. The molecule has 1 aliphatic rings. The second-order valence-electron chi connectivity index (χ2n) is 4.65. The Bertz CT molecular complexity index is 440. The lowest BCUT2D eigenvalue weighted by atomic mass is 10.1. The highest BCUT2D eigenvalue weighted by Gasteiger charge is 2.17. The molecular weight excluding hydrogens is 236 g/mol. The number of amidine groups is 1. The monoisotopic (exact) mass is 253 g/mol. The lowest BCUT2D eigenvalue weighted by Gasteiger charge is -2.34. The van der Waals surface area contributed by atoms with Crippen molar-refractivity contribution in [3.05, 3.63) is 35.4 Å². The second kappa shape index (κ2) is 5.44.